The summed E-state index contributed by atoms with van der Waals surface area (Å²) in [4.78, 5) is 36.1. The molecule has 1 aromatic rings. The number of hydrogen-bond acceptors (Lipinski definition) is 5. The highest BCUT2D eigenvalue weighted by Crippen LogP contribution is 2.19. The van der Waals surface area contributed by atoms with Crippen molar-refractivity contribution in [1.29, 1.82) is 0 Å². The molecule has 21 heavy (non-hydrogen) atoms. The van der Waals surface area contributed by atoms with Crippen LogP contribution in [0, 0.1) is 10.1 Å². The number of nitrogens with one attached hydrogen (secondary N) is 1. The zero-order chi connectivity index (χ0) is 15.6. The number of piperazine rings is 1. The van der Waals surface area contributed by atoms with Gasteiger partial charge in [0.25, 0.3) is 5.69 Å². The number of benzene rings is 1. The van der Waals surface area contributed by atoms with E-state index in [1.807, 2.05) is 0 Å². The molecule has 0 saturated carbocycles. The highest BCUT2D eigenvalue weighted by Gasteiger charge is 2.38. The van der Waals surface area contributed by atoms with Gasteiger partial charge in [0.05, 0.1) is 17.0 Å². The van der Waals surface area contributed by atoms with Crippen molar-refractivity contribution in [2.75, 3.05) is 19.6 Å². The average Bonchev–Trinajstić information content (AvgIpc) is 2.44. The van der Waals surface area contributed by atoms with E-state index in [1.54, 1.807) is 24.8 Å². The van der Waals surface area contributed by atoms with E-state index in [4.69, 9.17) is 0 Å². The summed E-state index contributed by atoms with van der Waals surface area (Å²) in [5.74, 6) is -0.359. The van der Waals surface area contributed by atoms with Gasteiger partial charge >= 0.3 is 0 Å². The Kier molecular flexibility index (Phi) is 4.04. The van der Waals surface area contributed by atoms with E-state index in [-0.39, 0.29) is 29.5 Å². The Morgan fingerprint density at radius 2 is 2.19 bits per heavy atom. The molecule has 1 aliphatic heterocycles. The number of nitro benzene ring substituents is 1. The molecule has 1 saturated heterocycles. The molecule has 0 unspecified atom stereocenters. The van der Waals surface area contributed by atoms with Crippen LogP contribution >= 0.6 is 0 Å². The molecule has 0 aromatic heterocycles. The predicted molar refractivity (Wildman–Crippen MR) is 76.1 cm³/mol. The van der Waals surface area contributed by atoms with Crippen molar-refractivity contribution in [2.45, 2.75) is 19.4 Å². The second-order valence-corrected chi connectivity index (χ2v) is 5.47. The maximum atomic E-state index is 12.3. The van der Waals surface area contributed by atoms with Gasteiger partial charge in [-0.05, 0) is 13.8 Å². The van der Waals surface area contributed by atoms with Gasteiger partial charge in [0.15, 0.2) is 5.78 Å². The molecule has 1 heterocycles. The molecular formula is C14H17N3O4. The maximum absolute atomic E-state index is 12.3. The summed E-state index contributed by atoms with van der Waals surface area (Å²) in [6.45, 7) is 4.62. The Hall–Kier alpha value is -2.28. The smallest absolute Gasteiger partial charge is 0.270 e. The second kappa shape index (κ2) is 5.61. The molecule has 1 aromatic carbocycles. The summed E-state index contributed by atoms with van der Waals surface area (Å²) < 4.78 is 0. The summed E-state index contributed by atoms with van der Waals surface area (Å²) in [6, 6.07) is 5.64. The first kappa shape index (κ1) is 15.1. The van der Waals surface area contributed by atoms with E-state index < -0.39 is 10.5 Å². The Morgan fingerprint density at radius 3 is 2.86 bits per heavy atom. The molecule has 2 rings (SSSR count). The fraction of sp³-hybridized carbons (Fsp3) is 0.429. The first-order valence-corrected chi connectivity index (χ1v) is 6.63. The monoisotopic (exact) mass is 291 g/mol. The Bertz CT molecular complexity index is 598. The van der Waals surface area contributed by atoms with Crippen molar-refractivity contribution >= 4 is 17.4 Å². The van der Waals surface area contributed by atoms with Crippen LogP contribution in [-0.4, -0.2) is 46.7 Å². The third-order valence-electron chi connectivity index (χ3n) is 3.73. The minimum atomic E-state index is -0.769. The largest absolute Gasteiger partial charge is 0.353 e. The number of Topliss-reactive ketones (excluding diaryl/α,β-unsaturated/α-hetero) is 1. The number of carbonyl (C=O) groups is 2. The Balaban J connectivity index is 2.16. The number of non-ortho nitro benzene ring substituents is 1. The van der Waals surface area contributed by atoms with Crippen LogP contribution in [0.25, 0.3) is 0 Å². The third-order valence-corrected chi connectivity index (χ3v) is 3.73. The van der Waals surface area contributed by atoms with Gasteiger partial charge in [-0.1, -0.05) is 12.1 Å². The molecule has 0 spiro atoms. The Morgan fingerprint density at radius 1 is 1.48 bits per heavy atom. The molecule has 1 fully saturated rings. The number of ketones is 1. The second-order valence-electron chi connectivity index (χ2n) is 5.47. The van der Waals surface area contributed by atoms with Gasteiger partial charge in [-0.15, -0.1) is 0 Å². The summed E-state index contributed by atoms with van der Waals surface area (Å²) in [7, 11) is 0. The van der Waals surface area contributed by atoms with E-state index in [1.165, 1.54) is 18.2 Å². The minimum absolute atomic E-state index is 0.0571. The van der Waals surface area contributed by atoms with Crippen molar-refractivity contribution in [3.63, 3.8) is 0 Å². The fourth-order valence-corrected chi connectivity index (χ4v) is 2.28. The molecular weight excluding hydrogens is 274 g/mol. The van der Waals surface area contributed by atoms with Gasteiger partial charge < -0.3 is 5.32 Å². The third kappa shape index (κ3) is 3.08. The number of nitro groups is 1. The van der Waals surface area contributed by atoms with Crippen molar-refractivity contribution in [1.82, 2.24) is 10.2 Å². The van der Waals surface area contributed by atoms with E-state index in [9.17, 15) is 19.7 Å². The van der Waals surface area contributed by atoms with Crippen molar-refractivity contribution < 1.29 is 14.5 Å². The number of rotatable bonds is 4. The summed E-state index contributed by atoms with van der Waals surface area (Å²) in [5, 5.41) is 13.5. The van der Waals surface area contributed by atoms with Crippen molar-refractivity contribution in [3.05, 3.63) is 39.9 Å². The first-order chi connectivity index (χ1) is 9.82. The lowest BCUT2D eigenvalue weighted by Gasteiger charge is -2.40. The van der Waals surface area contributed by atoms with Crippen LogP contribution in [0.4, 0.5) is 5.69 Å². The zero-order valence-corrected chi connectivity index (χ0v) is 12.0. The van der Waals surface area contributed by atoms with Crippen LogP contribution in [-0.2, 0) is 4.79 Å². The molecule has 1 aliphatic rings. The molecule has 1 amide bonds. The van der Waals surface area contributed by atoms with Crippen LogP contribution in [0.2, 0.25) is 0 Å². The van der Waals surface area contributed by atoms with Crippen LogP contribution in [0.15, 0.2) is 24.3 Å². The Labute approximate surface area is 122 Å². The van der Waals surface area contributed by atoms with Crippen LogP contribution < -0.4 is 5.32 Å². The topological polar surface area (TPSA) is 92.6 Å². The van der Waals surface area contributed by atoms with E-state index in [0.29, 0.717) is 13.1 Å². The van der Waals surface area contributed by atoms with E-state index >= 15 is 0 Å². The quantitative estimate of drug-likeness (QED) is 0.507. The molecule has 7 nitrogen and oxygen atoms in total. The SMILES string of the molecule is CC1(C)C(=O)NCCN1CC(=O)c1cccc([N+](=O)[O-])c1. The zero-order valence-electron chi connectivity index (χ0n) is 12.0. The molecule has 0 atom stereocenters. The molecule has 7 heteroatoms. The summed E-state index contributed by atoms with van der Waals surface area (Å²) in [5.41, 5.74) is -0.600. The molecule has 0 bridgehead atoms. The number of hydrogen-bond donors (Lipinski definition) is 1. The highest BCUT2D eigenvalue weighted by molar-refractivity contribution is 5.98. The molecule has 0 aliphatic carbocycles. The lowest BCUT2D eigenvalue weighted by atomic mass is 9.97. The van der Waals surface area contributed by atoms with Crippen molar-refractivity contribution in [2.24, 2.45) is 0 Å². The van der Waals surface area contributed by atoms with Crippen molar-refractivity contribution in [3.8, 4) is 0 Å². The lowest BCUT2D eigenvalue weighted by Crippen LogP contribution is -2.62. The normalized spacial score (nSPS) is 18.1. The maximum Gasteiger partial charge on any atom is 0.270 e. The summed E-state index contributed by atoms with van der Waals surface area (Å²) >= 11 is 0. The number of carbonyl (C=O) groups excluding carboxylic acids is 2. The van der Waals surface area contributed by atoms with E-state index in [2.05, 4.69) is 5.32 Å². The van der Waals surface area contributed by atoms with Gasteiger partial charge in [0.2, 0.25) is 5.91 Å². The number of nitrogens with zero attached hydrogens (tertiary/aromatic N) is 2. The van der Waals surface area contributed by atoms with Crippen LogP contribution in [0.3, 0.4) is 0 Å². The predicted octanol–water partition coefficient (Wildman–Crippen LogP) is 0.988. The average molecular weight is 291 g/mol. The van der Waals surface area contributed by atoms with Crippen LogP contribution in [0.5, 0.6) is 0 Å². The van der Waals surface area contributed by atoms with Gasteiger partial charge in [0.1, 0.15) is 0 Å². The van der Waals surface area contributed by atoms with Crippen LogP contribution in [0.1, 0.15) is 24.2 Å². The van der Waals surface area contributed by atoms with E-state index in [0.717, 1.165) is 0 Å². The number of amides is 1. The minimum Gasteiger partial charge on any atom is -0.353 e. The summed E-state index contributed by atoms with van der Waals surface area (Å²) in [6.07, 6.45) is 0. The van der Waals surface area contributed by atoms with Gasteiger partial charge in [-0.2, -0.15) is 0 Å². The van der Waals surface area contributed by atoms with Gasteiger partial charge in [-0.25, -0.2) is 0 Å². The lowest BCUT2D eigenvalue weighted by molar-refractivity contribution is -0.384. The van der Waals surface area contributed by atoms with Gasteiger partial charge in [0, 0.05) is 30.8 Å². The molecule has 1 N–H and O–H groups in total. The van der Waals surface area contributed by atoms with Gasteiger partial charge in [-0.3, -0.25) is 24.6 Å². The first-order valence-electron chi connectivity index (χ1n) is 6.63. The highest BCUT2D eigenvalue weighted by atomic mass is 16.6. The fourth-order valence-electron chi connectivity index (χ4n) is 2.28. The molecule has 112 valence electrons. The molecule has 0 radical (unpaired) electrons. The standard InChI is InChI=1S/C14H17N3O4/c1-14(2)13(19)15-6-7-16(14)9-12(18)10-4-3-5-11(8-10)17(20)21/h3-5,8H,6-7,9H2,1-2H3,(H,15,19).